The van der Waals surface area contributed by atoms with E-state index in [1.807, 2.05) is 49.5 Å². The van der Waals surface area contributed by atoms with Crippen LogP contribution >= 0.6 is 22.9 Å². The average Bonchev–Trinajstić information content (AvgIpc) is 3.13. The van der Waals surface area contributed by atoms with Crippen molar-refractivity contribution in [2.45, 2.75) is 39.5 Å². The molecule has 0 spiro atoms. The van der Waals surface area contributed by atoms with Crippen LogP contribution in [0.5, 0.6) is 0 Å². The molecule has 31 heavy (non-hydrogen) atoms. The molecule has 2 unspecified atom stereocenters. The third kappa shape index (κ3) is 5.23. The molecule has 8 heteroatoms. The van der Waals surface area contributed by atoms with E-state index in [9.17, 15) is 4.79 Å². The minimum atomic E-state index is -0.136. The van der Waals surface area contributed by atoms with Crippen molar-refractivity contribution in [3.63, 3.8) is 0 Å². The molecule has 3 heterocycles. The number of nitrogens with one attached hydrogen (secondary N) is 1. The molecule has 0 saturated carbocycles. The first-order valence-corrected chi connectivity index (χ1v) is 11.5. The van der Waals surface area contributed by atoms with Gasteiger partial charge in [0.1, 0.15) is 15.7 Å². The van der Waals surface area contributed by atoms with Crippen molar-refractivity contribution in [1.82, 2.24) is 15.3 Å². The number of thiazole rings is 1. The Balaban J connectivity index is 1.39. The molecule has 2 atom stereocenters. The number of pyridine rings is 1. The number of benzene rings is 1. The Morgan fingerprint density at radius 1 is 1.26 bits per heavy atom. The Kier molecular flexibility index (Phi) is 6.55. The first kappa shape index (κ1) is 21.7. The molecule has 162 valence electrons. The molecule has 2 aromatic heterocycles. The molecule has 0 aliphatic carbocycles. The Morgan fingerprint density at radius 2 is 2.03 bits per heavy atom. The van der Waals surface area contributed by atoms with Crippen molar-refractivity contribution in [2.75, 3.05) is 18.0 Å². The maximum atomic E-state index is 12.7. The van der Waals surface area contributed by atoms with Crippen LogP contribution in [-0.4, -0.2) is 41.2 Å². The Bertz CT molecular complexity index is 1060. The smallest absolute Gasteiger partial charge is 0.263 e. The number of nitrogens with zero attached hydrogens (tertiary/aromatic N) is 3. The van der Waals surface area contributed by atoms with Gasteiger partial charge in [0.25, 0.3) is 5.91 Å². The monoisotopic (exact) mass is 456 g/mol. The van der Waals surface area contributed by atoms with Gasteiger partial charge in [-0.3, -0.25) is 4.79 Å². The van der Waals surface area contributed by atoms with Gasteiger partial charge in [0.2, 0.25) is 0 Å². The second-order valence-electron chi connectivity index (χ2n) is 7.81. The summed E-state index contributed by atoms with van der Waals surface area (Å²) in [5.74, 6) is 0.796. The summed E-state index contributed by atoms with van der Waals surface area (Å²) in [7, 11) is 0. The molecule has 1 saturated heterocycles. The highest BCUT2D eigenvalue weighted by Crippen LogP contribution is 2.29. The van der Waals surface area contributed by atoms with Gasteiger partial charge in [-0.15, -0.1) is 11.3 Å². The molecular formula is C23H25ClN4O2S. The summed E-state index contributed by atoms with van der Waals surface area (Å²) in [6.07, 6.45) is 2.19. The van der Waals surface area contributed by atoms with Gasteiger partial charge >= 0.3 is 0 Å². The largest absolute Gasteiger partial charge is 0.372 e. The summed E-state index contributed by atoms with van der Waals surface area (Å²) in [5.41, 5.74) is 2.57. The van der Waals surface area contributed by atoms with E-state index in [4.69, 9.17) is 16.3 Å². The van der Waals surface area contributed by atoms with Gasteiger partial charge in [-0.1, -0.05) is 29.8 Å². The lowest BCUT2D eigenvalue weighted by Gasteiger charge is -2.36. The first-order valence-electron chi connectivity index (χ1n) is 10.3. The summed E-state index contributed by atoms with van der Waals surface area (Å²) in [6.45, 7) is 8.06. The molecular weight excluding hydrogens is 432 g/mol. The first-order chi connectivity index (χ1) is 14.9. The zero-order chi connectivity index (χ0) is 22.0. The molecule has 3 aromatic rings. The predicted molar refractivity (Wildman–Crippen MR) is 125 cm³/mol. The quantitative estimate of drug-likeness (QED) is 0.602. The van der Waals surface area contributed by atoms with Crippen molar-refractivity contribution in [1.29, 1.82) is 0 Å². The maximum Gasteiger partial charge on any atom is 0.263 e. The van der Waals surface area contributed by atoms with Gasteiger partial charge < -0.3 is 15.0 Å². The molecule has 1 aliphatic heterocycles. The van der Waals surface area contributed by atoms with Crippen LogP contribution in [0, 0.1) is 6.92 Å². The third-order valence-corrected chi connectivity index (χ3v) is 6.52. The molecule has 6 nitrogen and oxygen atoms in total. The van der Waals surface area contributed by atoms with Gasteiger partial charge in [0.05, 0.1) is 17.9 Å². The Labute approximate surface area is 191 Å². The molecule has 0 radical (unpaired) electrons. The van der Waals surface area contributed by atoms with Crippen molar-refractivity contribution >= 4 is 34.7 Å². The summed E-state index contributed by atoms with van der Waals surface area (Å²) >= 11 is 7.45. The number of anilines is 1. The van der Waals surface area contributed by atoms with Crippen LogP contribution in [0.15, 0.2) is 42.6 Å². The zero-order valence-corrected chi connectivity index (χ0v) is 19.3. The predicted octanol–water partition coefficient (Wildman–Crippen LogP) is 4.71. The minimum Gasteiger partial charge on any atom is -0.372 e. The van der Waals surface area contributed by atoms with Gasteiger partial charge in [-0.05, 0) is 44.5 Å². The number of rotatable bonds is 5. The van der Waals surface area contributed by atoms with Crippen LogP contribution in [0.1, 0.15) is 34.8 Å². The number of carbonyl (C=O) groups excluding carboxylic acids is 1. The zero-order valence-electron chi connectivity index (χ0n) is 17.8. The van der Waals surface area contributed by atoms with E-state index in [0.717, 1.165) is 35.0 Å². The maximum absolute atomic E-state index is 12.7. The van der Waals surface area contributed by atoms with Crippen LogP contribution in [-0.2, 0) is 11.3 Å². The number of hydrogen-bond donors (Lipinski definition) is 1. The lowest BCUT2D eigenvalue weighted by atomic mass is 10.2. The van der Waals surface area contributed by atoms with Crippen molar-refractivity contribution < 1.29 is 9.53 Å². The fourth-order valence-electron chi connectivity index (χ4n) is 3.69. The summed E-state index contributed by atoms with van der Waals surface area (Å²) in [4.78, 5) is 24.7. The number of halogens is 1. The van der Waals surface area contributed by atoms with Crippen molar-refractivity contribution in [2.24, 2.45) is 0 Å². The lowest BCUT2D eigenvalue weighted by Crippen LogP contribution is -2.45. The van der Waals surface area contributed by atoms with Crippen LogP contribution < -0.4 is 10.2 Å². The molecule has 0 bridgehead atoms. The highest BCUT2D eigenvalue weighted by molar-refractivity contribution is 7.17. The number of hydrogen-bond acceptors (Lipinski definition) is 6. The number of ether oxygens (including phenoxy) is 1. The molecule has 1 fully saturated rings. The van der Waals surface area contributed by atoms with Gasteiger partial charge in [0, 0.05) is 36.4 Å². The summed E-state index contributed by atoms with van der Waals surface area (Å²) < 4.78 is 5.79. The van der Waals surface area contributed by atoms with E-state index in [-0.39, 0.29) is 18.1 Å². The fourth-order valence-corrected chi connectivity index (χ4v) is 4.86. The van der Waals surface area contributed by atoms with Gasteiger partial charge in [-0.25, -0.2) is 9.97 Å². The van der Waals surface area contributed by atoms with Crippen LogP contribution in [0.2, 0.25) is 5.02 Å². The molecule has 1 N–H and O–H groups in total. The van der Waals surface area contributed by atoms with E-state index < -0.39 is 0 Å². The average molecular weight is 457 g/mol. The minimum absolute atomic E-state index is 0.136. The standard InChI is InChI=1S/C23H25ClN4O2S/c1-14-12-28(13-15(2)30-14)20-8-7-17(10-25-20)11-26-22(29)21-16(3)27-23(31-21)18-5-4-6-19(24)9-18/h4-10,14-15H,11-13H2,1-3H3,(H,26,29). The van der Waals surface area contributed by atoms with Crippen LogP contribution in [0.25, 0.3) is 10.6 Å². The second-order valence-corrected chi connectivity index (χ2v) is 9.25. The molecule has 1 aromatic carbocycles. The van der Waals surface area contributed by atoms with Gasteiger partial charge in [-0.2, -0.15) is 0 Å². The lowest BCUT2D eigenvalue weighted by molar-refractivity contribution is -0.00546. The van der Waals surface area contributed by atoms with E-state index in [1.54, 1.807) is 0 Å². The van der Waals surface area contributed by atoms with E-state index in [1.165, 1.54) is 11.3 Å². The molecule has 1 amide bonds. The molecule has 1 aliphatic rings. The topological polar surface area (TPSA) is 67.4 Å². The number of amides is 1. The Morgan fingerprint density at radius 3 is 2.71 bits per heavy atom. The van der Waals surface area contributed by atoms with E-state index >= 15 is 0 Å². The third-order valence-electron chi connectivity index (χ3n) is 5.08. The number of morpholine rings is 1. The molecule has 4 rings (SSSR count). The van der Waals surface area contributed by atoms with Crippen LogP contribution in [0.3, 0.4) is 0 Å². The number of aryl methyl sites for hydroxylation is 1. The van der Waals surface area contributed by atoms with Crippen molar-refractivity contribution in [3.8, 4) is 10.6 Å². The second kappa shape index (κ2) is 9.34. The SMILES string of the molecule is Cc1nc(-c2cccc(Cl)c2)sc1C(=O)NCc1ccc(N2CC(C)OC(C)C2)nc1. The van der Waals surface area contributed by atoms with E-state index in [2.05, 4.69) is 34.0 Å². The van der Waals surface area contributed by atoms with Crippen LogP contribution in [0.4, 0.5) is 5.82 Å². The number of aromatic nitrogens is 2. The number of carbonyl (C=O) groups is 1. The summed E-state index contributed by atoms with van der Waals surface area (Å²) in [6, 6.07) is 11.5. The normalized spacial score (nSPS) is 18.8. The van der Waals surface area contributed by atoms with E-state index in [0.29, 0.717) is 22.1 Å². The fraction of sp³-hybridized carbons (Fsp3) is 0.348. The highest BCUT2D eigenvalue weighted by atomic mass is 35.5. The highest BCUT2D eigenvalue weighted by Gasteiger charge is 2.23. The van der Waals surface area contributed by atoms with Crippen molar-refractivity contribution in [3.05, 3.63) is 63.8 Å². The Hall–Kier alpha value is -2.48. The van der Waals surface area contributed by atoms with Gasteiger partial charge in [0.15, 0.2) is 0 Å². The summed E-state index contributed by atoms with van der Waals surface area (Å²) in [5, 5.41) is 4.41.